The minimum absolute atomic E-state index is 0.00718. The van der Waals surface area contributed by atoms with Crippen molar-refractivity contribution in [2.24, 2.45) is 0 Å². The minimum atomic E-state index is -3.33. The molecular formula is C21H23N5O4S. The number of likely N-dealkylation sites (N-methyl/N-ethyl adjacent to an activating group) is 1. The normalized spacial score (nSPS) is 11.1. The van der Waals surface area contributed by atoms with Crippen molar-refractivity contribution in [1.29, 1.82) is 0 Å². The van der Waals surface area contributed by atoms with Crippen molar-refractivity contribution in [3.63, 3.8) is 0 Å². The molecule has 3 aromatic rings. The molecule has 0 saturated carbocycles. The summed E-state index contributed by atoms with van der Waals surface area (Å²) in [5.74, 6) is 1.40. The summed E-state index contributed by atoms with van der Waals surface area (Å²) < 4.78 is 29.2. The number of hydrogen-bond donors (Lipinski definition) is 1. The number of ether oxygens (including phenoxy) is 1. The molecule has 2 heterocycles. The number of aromatic nitrogens is 3. The number of anilines is 1. The van der Waals surface area contributed by atoms with Crippen molar-refractivity contribution in [1.82, 2.24) is 19.9 Å². The molecule has 9 nitrogen and oxygen atoms in total. The minimum Gasteiger partial charge on any atom is -0.437 e. The largest absolute Gasteiger partial charge is 0.437 e. The molecule has 31 heavy (non-hydrogen) atoms. The van der Waals surface area contributed by atoms with E-state index in [1.165, 1.54) is 19.3 Å². The topological polar surface area (TPSA) is 114 Å². The maximum Gasteiger partial charge on any atom is 0.239 e. The Kier molecular flexibility index (Phi) is 6.81. The number of hydrogen-bond acceptors (Lipinski definition) is 8. The lowest BCUT2D eigenvalue weighted by atomic mass is 10.1. The van der Waals surface area contributed by atoms with Crippen molar-refractivity contribution in [2.45, 2.75) is 11.8 Å². The van der Waals surface area contributed by atoms with E-state index in [1.54, 1.807) is 42.5 Å². The Labute approximate surface area is 181 Å². The molecule has 2 aromatic heterocycles. The molecule has 10 heteroatoms. The van der Waals surface area contributed by atoms with Crippen LogP contribution in [0, 0.1) is 0 Å². The maximum atomic E-state index is 11.7. The summed E-state index contributed by atoms with van der Waals surface area (Å²) in [5, 5.41) is 3.10. The van der Waals surface area contributed by atoms with Crippen LogP contribution in [0.3, 0.4) is 0 Å². The Bertz CT molecular complexity index is 1170. The first kappa shape index (κ1) is 22.2. The van der Waals surface area contributed by atoms with E-state index in [0.29, 0.717) is 36.1 Å². The van der Waals surface area contributed by atoms with Gasteiger partial charge in [-0.05, 0) is 23.8 Å². The first-order valence-corrected chi connectivity index (χ1v) is 11.3. The highest BCUT2D eigenvalue weighted by Crippen LogP contribution is 2.26. The number of pyridine rings is 1. The van der Waals surface area contributed by atoms with Gasteiger partial charge < -0.3 is 15.0 Å². The zero-order chi connectivity index (χ0) is 22.4. The third kappa shape index (κ3) is 6.22. The zero-order valence-electron chi connectivity index (χ0n) is 17.4. The third-order valence-electron chi connectivity index (χ3n) is 4.45. The van der Waals surface area contributed by atoms with Crippen molar-refractivity contribution < 1.29 is 17.9 Å². The van der Waals surface area contributed by atoms with E-state index in [-0.39, 0.29) is 10.8 Å². The standard InChI is InChI=1S/C21H23N5O4S/c1-15(27)26(2)9-8-24-20-13-23-14-21(25-20)30-18-6-4-16(5-7-18)17-10-19(12-22-11-17)31(3,28)29/h4-7,10-14H,8-9H2,1-3H3,(H,24,25). The highest BCUT2D eigenvalue weighted by Gasteiger charge is 2.10. The number of benzene rings is 1. The molecule has 0 bridgehead atoms. The van der Waals surface area contributed by atoms with Crippen LogP contribution in [0.25, 0.3) is 11.1 Å². The summed E-state index contributed by atoms with van der Waals surface area (Å²) in [4.78, 5) is 25.5. The van der Waals surface area contributed by atoms with Crippen molar-refractivity contribution >= 4 is 21.6 Å². The molecule has 162 valence electrons. The molecule has 0 fully saturated rings. The van der Waals surface area contributed by atoms with Gasteiger partial charge in [0.2, 0.25) is 11.8 Å². The van der Waals surface area contributed by atoms with Crippen LogP contribution in [0.2, 0.25) is 0 Å². The van der Waals surface area contributed by atoms with Gasteiger partial charge in [0.15, 0.2) is 9.84 Å². The van der Waals surface area contributed by atoms with Crippen molar-refractivity contribution in [2.75, 3.05) is 31.7 Å². The van der Waals surface area contributed by atoms with Crippen LogP contribution in [-0.4, -0.2) is 60.6 Å². The van der Waals surface area contributed by atoms with E-state index in [9.17, 15) is 13.2 Å². The zero-order valence-corrected chi connectivity index (χ0v) is 18.3. The predicted molar refractivity (Wildman–Crippen MR) is 117 cm³/mol. The fourth-order valence-electron chi connectivity index (χ4n) is 2.61. The van der Waals surface area contributed by atoms with E-state index >= 15 is 0 Å². The van der Waals surface area contributed by atoms with Gasteiger partial charge in [0.1, 0.15) is 11.6 Å². The summed E-state index contributed by atoms with van der Waals surface area (Å²) >= 11 is 0. The smallest absolute Gasteiger partial charge is 0.239 e. The first-order valence-electron chi connectivity index (χ1n) is 9.43. The first-order chi connectivity index (χ1) is 14.7. The van der Waals surface area contributed by atoms with Crippen molar-refractivity contribution in [3.8, 4) is 22.8 Å². The number of carbonyl (C=O) groups excluding carboxylic acids is 1. The summed E-state index contributed by atoms with van der Waals surface area (Å²) in [5.41, 5.74) is 1.50. The number of amides is 1. The Morgan fingerprint density at radius 1 is 1.06 bits per heavy atom. The molecular weight excluding hydrogens is 418 g/mol. The van der Waals surface area contributed by atoms with Gasteiger partial charge in [0.05, 0.1) is 17.3 Å². The molecule has 0 aliphatic carbocycles. The van der Waals surface area contributed by atoms with Gasteiger partial charge in [0.25, 0.3) is 0 Å². The Morgan fingerprint density at radius 2 is 1.77 bits per heavy atom. The number of carbonyl (C=O) groups is 1. The van der Waals surface area contributed by atoms with Crippen LogP contribution < -0.4 is 10.1 Å². The monoisotopic (exact) mass is 441 g/mol. The highest BCUT2D eigenvalue weighted by atomic mass is 32.2. The Hall–Kier alpha value is -3.53. The van der Waals surface area contributed by atoms with E-state index in [0.717, 1.165) is 11.8 Å². The van der Waals surface area contributed by atoms with Crippen LogP contribution in [0.4, 0.5) is 5.82 Å². The maximum absolute atomic E-state index is 11.7. The second-order valence-electron chi connectivity index (χ2n) is 6.92. The summed E-state index contributed by atoms with van der Waals surface area (Å²) in [7, 11) is -1.60. The fraction of sp³-hybridized carbons (Fsp3) is 0.238. The SMILES string of the molecule is CC(=O)N(C)CCNc1cncc(Oc2ccc(-c3cncc(S(C)(=O)=O)c3)cc2)n1. The molecule has 0 atom stereocenters. The Balaban J connectivity index is 1.66. The van der Waals surface area contributed by atoms with Crippen LogP contribution in [-0.2, 0) is 14.6 Å². The Morgan fingerprint density at radius 3 is 2.45 bits per heavy atom. The lowest BCUT2D eigenvalue weighted by molar-refractivity contribution is -0.127. The van der Waals surface area contributed by atoms with E-state index in [1.807, 2.05) is 12.1 Å². The quantitative estimate of drug-likeness (QED) is 0.567. The second-order valence-corrected chi connectivity index (χ2v) is 8.93. The highest BCUT2D eigenvalue weighted by molar-refractivity contribution is 7.90. The van der Waals surface area contributed by atoms with Gasteiger partial charge in [-0.2, -0.15) is 4.98 Å². The molecule has 3 rings (SSSR count). The number of rotatable bonds is 8. The summed E-state index contributed by atoms with van der Waals surface area (Å²) in [6, 6.07) is 8.72. The summed E-state index contributed by atoms with van der Waals surface area (Å²) in [6.07, 6.45) is 7.16. The molecule has 0 aliphatic rings. The van der Waals surface area contributed by atoms with Crippen LogP contribution in [0.1, 0.15) is 6.92 Å². The van der Waals surface area contributed by atoms with E-state index in [4.69, 9.17) is 4.74 Å². The number of nitrogens with one attached hydrogen (secondary N) is 1. The molecule has 0 unspecified atom stereocenters. The lowest BCUT2D eigenvalue weighted by Crippen LogP contribution is -2.29. The number of sulfone groups is 1. The van der Waals surface area contributed by atoms with Crippen molar-refractivity contribution in [3.05, 3.63) is 55.1 Å². The third-order valence-corrected chi connectivity index (χ3v) is 5.53. The van der Waals surface area contributed by atoms with Gasteiger partial charge in [-0.25, -0.2) is 8.42 Å². The lowest BCUT2D eigenvalue weighted by Gasteiger charge is -2.15. The fourth-order valence-corrected chi connectivity index (χ4v) is 3.20. The van der Waals surface area contributed by atoms with Gasteiger partial charge in [0, 0.05) is 51.3 Å². The van der Waals surface area contributed by atoms with Gasteiger partial charge >= 0.3 is 0 Å². The molecule has 1 N–H and O–H groups in total. The molecule has 1 amide bonds. The van der Waals surface area contributed by atoms with Crippen LogP contribution >= 0.6 is 0 Å². The van der Waals surface area contributed by atoms with Crippen LogP contribution in [0.15, 0.2) is 60.0 Å². The average Bonchev–Trinajstić information content (AvgIpc) is 2.74. The van der Waals surface area contributed by atoms with Gasteiger partial charge in [-0.15, -0.1) is 0 Å². The molecule has 1 aromatic carbocycles. The molecule has 0 aliphatic heterocycles. The predicted octanol–water partition coefficient (Wildman–Crippen LogP) is 2.62. The van der Waals surface area contributed by atoms with Gasteiger partial charge in [-0.3, -0.25) is 14.8 Å². The molecule has 0 spiro atoms. The average molecular weight is 442 g/mol. The van der Waals surface area contributed by atoms with E-state index < -0.39 is 9.84 Å². The van der Waals surface area contributed by atoms with Gasteiger partial charge in [-0.1, -0.05) is 12.1 Å². The van der Waals surface area contributed by atoms with Crippen LogP contribution in [0.5, 0.6) is 11.6 Å². The van der Waals surface area contributed by atoms with E-state index in [2.05, 4.69) is 20.3 Å². The number of nitrogens with zero attached hydrogens (tertiary/aromatic N) is 4. The summed E-state index contributed by atoms with van der Waals surface area (Å²) in [6.45, 7) is 2.58. The molecule has 0 saturated heterocycles. The second kappa shape index (κ2) is 9.52. The molecule has 0 radical (unpaired) electrons.